The third-order valence-corrected chi connectivity index (χ3v) is 13.0. The topological polar surface area (TPSA) is 3.24 Å². The number of rotatable bonds is 8. The molecule has 12 aromatic rings. The van der Waals surface area contributed by atoms with Crippen LogP contribution in [0.4, 0.5) is 17.1 Å². The van der Waals surface area contributed by atoms with Gasteiger partial charge in [0.05, 0.1) is 5.69 Å². The second kappa shape index (κ2) is 16.3. The van der Waals surface area contributed by atoms with Crippen molar-refractivity contribution in [2.24, 2.45) is 0 Å². The maximum atomic E-state index is 2.38. The van der Waals surface area contributed by atoms with Crippen LogP contribution in [-0.4, -0.2) is 0 Å². The Morgan fingerprint density at radius 3 is 0.892 bits per heavy atom. The van der Waals surface area contributed by atoms with E-state index in [9.17, 15) is 0 Å². The van der Waals surface area contributed by atoms with Crippen LogP contribution in [0.3, 0.4) is 0 Å². The summed E-state index contributed by atoms with van der Waals surface area (Å²) in [6, 6.07) is 95.1. The Bertz CT molecular complexity index is 3530. The Hall–Kier alpha value is -8.52. The van der Waals surface area contributed by atoms with Gasteiger partial charge in [0, 0.05) is 16.9 Å². The summed E-state index contributed by atoms with van der Waals surface area (Å²) in [5, 5.41) is 9.90. The van der Waals surface area contributed by atoms with Crippen LogP contribution < -0.4 is 4.90 Å². The van der Waals surface area contributed by atoms with Crippen LogP contribution in [0.1, 0.15) is 0 Å². The molecular weight excluding hydrogens is 783 g/mol. The van der Waals surface area contributed by atoms with Crippen LogP contribution >= 0.6 is 0 Å². The monoisotopic (exact) mass is 825 g/mol. The number of anilines is 3. The van der Waals surface area contributed by atoms with Crippen LogP contribution in [0.5, 0.6) is 0 Å². The number of benzene rings is 12. The summed E-state index contributed by atoms with van der Waals surface area (Å²) in [6.07, 6.45) is 0. The highest BCUT2D eigenvalue weighted by Crippen LogP contribution is 2.50. The number of hydrogen-bond donors (Lipinski definition) is 0. The highest BCUT2D eigenvalue weighted by atomic mass is 15.1. The van der Waals surface area contributed by atoms with Gasteiger partial charge in [0.2, 0.25) is 0 Å². The molecule has 0 radical (unpaired) electrons. The van der Waals surface area contributed by atoms with Gasteiger partial charge in [-0.05, 0) is 123 Å². The standard InChI is InChI=1S/C64H43N/c1-4-22-44(23-5-1)49-28-10-11-29-50(49)63-55-34-16-12-30-51(55)61(52-31-13-17-35-56(52)63)45-40-42-46(43-41-45)62-53-32-14-18-36-57(53)64(58-37-19-15-33-54(58)62)59-38-20-21-39-60(59)65(47-24-6-2-7-25-47)48-26-8-3-9-27-48/h1-43H. The van der Waals surface area contributed by atoms with Gasteiger partial charge < -0.3 is 4.90 Å². The van der Waals surface area contributed by atoms with Crippen molar-refractivity contribution < 1.29 is 0 Å². The van der Waals surface area contributed by atoms with Gasteiger partial charge in [-0.2, -0.15) is 0 Å². The number of nitrogens with zero attached hydrogens (tertiary/aromatic N) is 1. The van der Waals surface area contributed by atoms with Gasteiger partial charge in [-0.1, -0.05) is 231 Å². The van der Waals surface area contributed by atoms with E-state index in [1.54, 1.807) is 0 Å². The fraction of sp³-hybridized carbons (Fsp3) is 0. The molecule has 0 aliphatic carbocycles. The molecule has 0 aliphatic rings. The molecule has 1 nitrogen and oxygen atoms in total. The molecule has 1 heteroatoms. The van der Waals surface area contributed by atoms with Crippen molar-refractivity contribution in [2.45, 2.75) is 0 Å². The van der Waals surface area contributed by atoms with E-state index in [1.807, 2.05) is 0 Å². The summed E-state index contributed by atoms with van der Waals surface area (Å²) >= 11 is 0. The van der Waals surface area contributed by atoms with Crippen molar-refractivity contribution in [1.82, 2.24) is 0 Å². The molecule has 0 saturated carbocycles. The average Bonchev–Trinajstić information content (AvgIpc) is 3.38. The van der Waals surface area contributed by atoms with Gasteiger partial charge in [0.25, 0.3) is 0 Å². The molecule has 0 amide bonds. The first-order chi connectivity index (χ1) is 32.3. The minimum atomic E-state index is 1.11. The van der Waals surface area contributed by atoms with Crippen molar-refractivity contribution in [3.63, 3.8) is 0 Å². The van der Waals surface area contributed by atoms with Crippen LogP contribution in [0, 0.1) is 0 Å². The fourth-order valence-electron chi connectivity index (χ4n) is 10.3. The van der Waals surface area contributed by atoms with Gasteiger partial charge in [0.15, 0.2) is 0 Å². The predicted octanol–water partition coefficient (Wildman–Crippen LogP) is 18.1. The van der Waals surface area contributed by atoms with E-state index in [-0.39, 0.29) is 0 Å². The predicted molar refractivity (Wildman–Crippen MR) is 278 cm³/mol. The lowest BCUT2D eigenvalue weighted by molar-refractivity contribution is 1.28. The lowest BCUT2D eigenvalue weighted by Crippen LogP contribution is -2.11. The molecule has 0 bridgehead atoms. The Morgan fingerprint density at radius 1 is 0.185 bits per heavy atom. The van der Waals surface area contributed by atoms with Crippen molar-refractivity contribution in [3.05, 3.63) is 261 Å². The highest BCUT2D eigenvalue weighted by molar-refractivity contribution is 6.24. The first kappa shape index (κ1) is 38.2. The van der Waals surface area contributed by atoms with E-state index < -0.39 is 0 Å². The lowest BCUT2D eigenvalue weighted by Gasteiger charge is -2.28. The molecule has 0 spiro atoms. The maximum absolute atomic E-state index is 2.38. The van der Waals surface area contributed by atoms with E-state index in [0.717, 1.165) is 17.1 Å². The molecule has 0 fully saturated rings. The Labute approximate surface area is 379 Å². The summed E-state index contributed by atoms with van der Waals surface area (Å²) in [5.41, 5.74) is 15.6. The zero-order valence-corrected chi connectivity index (χ0v) is 35.8. The van der Waals surface area contributed by atoms with Crippen molar-refractivity contribution in [2.75, 3.05) is 4.90 Å². The maximum Gasteiger partial charge on any atom is 0.0540 e. The van der Waals surface area contributed by atoms with Gasteiger partial charge in [0.1, 0.15) is 0 Å². The van der Waals surface area contributed by atoms with Crippen molar-refractivity contribution in [1.29, 1.82) is 0 Å². The molecule has 0 atom stereocenters. The summed E-state index contributed by atoms with van der Waals surface area (Å²) in [4.78, 5) is 2.38. The van der Waals surface area contributed by atoms with Crippen LogP contribution in [0.25, 0.3) is 98.7 Å². The van der Waals surface area contributed by atoms with E-state index in [1.165, 1.54) is 98.7 Å². The average molecular weight is 826 g/mol. The highest BCUT2D eigenvalue weighted by Gasteiger charge is 2.23. The number of para-hydroxylation sites is 3. The normalized spacial score (nSPS) is 11.4. The second-order valence-electron chi connectivity index (χ2n) is 16.7. The van der Waals surface area contributed by atoms with E-state index in [0.29, 0.717) is 0 Å². The fourth-order valence-corrected chi connectivity index (χ4v) is 10.3. The Balaban J connectivity index is 1.04. The molecule has 12 aromatic carbocycles. The minimum absolute atomic E-state index is 1.11. The smallest absolute Gasteiger partial charge is 0.0540 e. The van der Waals surface area contributed by atoms with E-state index >= 15 is 0 Å². The largest absolute Gasteiger partial charge is 0.310 e. The summed E-state index contributed by atoms with van der Waals surface area (Å²) in [7, 11) is 0. The SMILES string of the molecule is c1ccc(-c2ccccc2-c2c3ccccc3c(-c3ccc(-c4c5ccccc5c(-c5ccccc5N(c5ccccc5)c5ccccc5)c5ccccc45)cc3)c3ccccc23)cc1. The quantitative estimate of drug-likeness (QED) is 0.138. The van der Waals surface area contributed by atoms with Crippen LogP contribution in [0.15, 0.2) is 261 Å². The zero-order valence-electron chi connectivity index (χ0n) is 35.8. The van der Waals surface area contributed by atoms with Crippen molar-refractivity contribution in [3.8, 4) is 55.6 Å². The van der Waals surface area contributed by atoms with Gasteiger partial charge in [-0.25, -0.2) is 0 Å². The molecule has 0 N–H and O–H groups in total. The minimum Gasteiger partial charge on any atom is -0.310 e. The molecule has 65 heavy (non-hydrogen) atoms. The summed E-state index contributed by atoms with van der Waals surface area (Å²) < 4.78 is 0. The molecule has 0 saturated heterocycles. The molecule has 0 aromatic heterocycles. The summed E-state index contributed by atoms with van der Waals surface area (Å²) in [6.45, 7) is 0. The molecule has 304 valence electrons. The van der Waals surface area contributed by atoms with Crippen molar-refractivity contribution >= 4 is 60.2 Å². The zero-order chi connectivity index (χ0) is 43.1. The Morgan fingerprint density at radius 2 is 0.477 bits per heavy atom. The number of fused-ring (bicyclic) bond motifs is 4. The molecule has 0 unspecified atom stereocenters. The summed E-state index contributed by atoms with van der Waals surface area (Å²) in [5.74, 6) is 0. The molecule has 12 rings (SSSR count). The van der Waals surface area contributed by atoms with Gasteiger partial charge in [-0.15, -0.1) is 0 Å². The number of hydrogen-bond acceptors (Lipinski definition) is 1. The van der Waals surface area contributed by atoms with Crippen LogP contribution in [-0.2, 0) is 0 Å². The van der Waals surface area contributed by atoms with Gasteiger partial charge >= 0.3 is 0 Å². The van der Waals surface area contributed by atoms with E-state index in [2.05, 4.69) is 266 Å². The molecule has 0 aliphatic heterocycles. The van der Waals surface area contributed by atoms with Crippen LogP contribution in [0.2, 0.25) is 0 Å². The molecular formula is C64H43N. The third kappa shape index (κ3) is 6.56. The third-order valence-electron chi connectivity index (χ3n) is 13.0. The Kier molecular flexibility index (Phi) is 9.58. The second-order valence-corrected chi connectivity index (χ2v) is 16.7. The van der Waals surface area contributed by atoms with E-state index in [4.69, 9.17) is 0 Å². The van der Waals surface area contributed by atoms with Gasteiger partial charge in [-0.3, -0.25) is 0 Å². The first-order valence-electron chi connectivity index (χ1n) is 22.4. The lowest BCUT2D eigenvalue weighted by atomic mass is 9.83. The first-order valence-corrected chi connectivity index (χ1v) is 22.4. The molecule has 0 heterocycles.